The van der Waals surface area contributed by atoms with E-state index in [2.05, 4.69) is 27.3 Å². The zero-order valence-electron chi connectivity index (χ0n) is 27.7. The molecule has 1 heterocycles. The van der Waals surface area contributed by atoms with Gasteiger partial charge in [-0.1, -0.05) is 54.6 Å². The average Bonchev–Trinajstić information content (AvgIpc) is 3.46. The first kappa shape index (κ1) is 36.1. The molecular weight excluding hydrogens is 683 g/mol. The Morgan fingerprint density at radius 1 is 0.824 bits per heavy atom. The first-order valence-electron chi connectivity index (χ1n) is 15.8. The van der Waals surface area contributed by atoms with Gasteiger partial charge < -0.3 is 26.0 Å². The molecule has 0 fully saturated rings. The Morgan fingerprint density at radius 2 is 1.51 bits per heavy atom. The Morgan fingerprint density at radius 3 is 2.20 bits per heavy atom. The van der Waals surface area contributed by atoms with Crippen LogP contribution in [-0.2, 0) is 9.59 Å². The Bertz CT molecular complexity index is 2110. The van der Waals surface area contributed by atoms with Crippen molar-refractivity contribution >= 4 is 69.2 Å². The minimum atomic E-state index is -0.544. The lowest BCUT2D eigenvalue weighted by molar-refractivity contribution is -0.114. The molecule has 10 nitrogen and oxygen atoms in total. The van der Waals surface area contributed by atoms with Crippen LogP contribution in [0.5, 0.6) is 5.75 Å². The van der Waals surface area contributed by atoms with E-state index in [1.54, 1.807) is 116 Å². The number of nitrogens with one attached hydrogen (secondary N) is 4. The molecule has 256 valence electrons. The van der Waals surface area contributed by atoms with Gasteiger partial charge in [-0.2, -0.15) is 5.26 Å². The monoisotopic (exact) mass is 715 g/mol. The molecule has 0 atom stereocenters. The normalized spacial score (nSPS) is 10.8. The van der Waals surface area contributed by atoms with Crippen LogP contribution in [0.4, 0.5) is 16.4 Å². The van der Waals surface area contributed by atoms with Crippen LogP contribution < -0.4 is 26.0 Å². The van der Waals surface area contributed by atoms with Gasteiger partial charge in [-0.15, -0.1) is 23.1 Å². The summed E-state index contributed by atoms with van der Waals surface area (Å²) in [5.41, 5.74) is 2.88. The molecule has 0 saturated carbocycles. The first-order valence-corrected chi connectivity index (χ1v) is 17.6. The predicted molar refractivity (Wildman–Crippen MR) is 202 cm³/mol. The molecule has 4 aromatic carbocycles. The van der Waals surface area contributed by atoms with Gasteiger partial charge in [0, 0.05) is 21.8 Å². The molecule has 0 radical (unpaired) electrons. The highest BCUT2D eigenvalue weighted by atomic mass is 32.2. The number of hydrogen-bond acceptors (Lipinski definition) is 8. The van der Waals surface area contributed by atoms with Gasteiger partial charge in [-0.05, 0) is 85.6 Å². The molecule has 0 aliphatic rings. The summed E-state index contributed by atoms with van der Waals surface area (Å²) in [5.74, 6) is -1.04. The zero-order valence-corrected chi connectivity index (χ0v) is 29.3. The minimum absolute atomic E-state index is 0.000781. The van der Waals surface area contributed by atoms with Crippen molar-refractivity contribution in [3.05, 3.63) is 142 Å². The number of rotatable bonds is 13. The second kappa shape index (κ2) is 17.5. The lowest BCUT2D eigenvalue weighted by Crippen LogP contribution is -2.30. The number of ether oxygens (including phenoxy) is 1. The lowest BCUT2D eigenvalue weighted by Gasteiger charge is -2.12. The predicted octanol–water partition coefficient (Wildman–Crippen LogP) is 7.72. The third kappa shape index (κ3) is 9.95. The minimum Gasteiger partial charge on any atom is -0.494 e. The van der Waals surface area contributed by atoms with E-state index in [0.717, 1.165) is 11.3 Å². The van der Waals surface area contributed by atoms with Gasteiger partial charge >= 0.3 is 0 Å². The van der Waals surface area contributed by atoms with Crippen molar-refractivity contribution in [3.63, 3.8) is 0 Å². The maximum atomic E-state index is 13.5. The fraction of sp³-hybridized carbons (Fsp3) is 0.103. The van der Waals surface area contributed by atoms with Crippen LogP contribution in [0.15, 0.2) is 120 Å². The van der Waals surface area contributed by atoms with Crippen LogP contribution in [0.2, 0.25) is 0 Å². The molecule has 51 heavy (non-hydrogen) atoms. The maximum Gasteiger partial charge on any atom is 0.272 e. The third-order valence-electron chi connectivity index (χ3n) is 7.24. The molecule has 1 aromatic heterocycles. The van der Waals surface area contributed by atoms with E-state index in [9.17, 15) is 24.4 Å². The van der Waals surface area contributed by atoms with Crippen molar-refractivity contribution in [2.75, 3.05) is 28.3 Å². The molecule has 0 bridgehead atoms. The molecule has 5 aromatic rings. The molecule has 0 saturated heterocycles. The lowest BCUT2D eigenvalue weighted by atomic mass is 10.1. The van der Waals surface area contributed by atoms with Crippen LogP contribution in [0.3, 0.4) is 0 Å². The maximum absolute atomic E-state index is 13.5. The Labute approximate surface area is 303 Å². The summed E-state index contributed by atoms with van der Waals surface area (Å²) < 4.78 is 5.51. The molecule has 0 aliphatic heterocycles. The number of thioether (sulfide) groups is 1. The number of carbonyl (C=O) groups excluding carboxylic acids is 4. The quantitative estimate of drug-likeness (QED) is 0.0720. The van der Waals surface area contributed by atoms with E-state index in [4.69, 9.17) is 4.74 Å². The zero-order chi connectivity index (χ0) is 36.2. The van der Waals surface area contributed by atoms with Gasteiger partial charge in [0.15, 0.2) is 0 Å². The van der Waals surface area contributed by atoms with Crippen LogP contribution in [0.25, 0.3) is 6.08 Å². The fourth-order valence-electron chi connectivity index (χ4n) is 4.77. The largest absolute Gasteiger partial charge is 0.494 e. The Hall–Kier alpha value is -6.16. The summed E-state index contributed by atoms with van der Waals surface area (Å²) in [6.45, 7) is 4.08. The van der Waals surface area contributed by atoms with Gasteiger partial charge in [0.2, 0.25) is 5.91 Å². The number of carbonyl (C=O) groups is 4. The second-order valence-electron chi connectivity index (χ2n) is 10.9. The van der Waals surface area contributed by atoms with Crippen LogP contribution >= 0.6 is 23.1 Å². The summed E-state index contributed by atoms with van der Waals surface area (Å²) in [7, 11) is 0. The number of nitriles is 1. The van der Waals surface area contributed by atoms with Crippen LogP contribution in [-0.4, -0.2) is 36.0 Å². The van der Waals surface area contributed by atoms with E-state index in [0.29, 0.717) is 55.2 Å². The highest BCUT2D eigenvalue weighted by Gasteiger charge is 2.22. The standard InChI is InChI=1S/C39H33N5O5S2/c1-3-49-30-19-17-26(18-20-30)21-33(43-36(46)27-11-6-4-7-12-27)37(47)42-29-15-10-16-31(22-29)50-24-34(45)44-39-32(23-40)25(2)35(51-39)38(48)41-28-13-8-5-9-14-28/h4-22H,3,24H2,1-2H3,(H,41,48)(H,42,47)(H,43,46)(H,44,45)/b33-21+. The highest BCUT2D eigenvalue weighted by molar-refractivity contribution is 8.00. The molecule has 0 unspecified atom stereocenters. The topological polar surface area (TPSA) is 149 Å². The van der Waals surface area contributed by atoms with Gasteiger partial charge in [-0.3, -0.25) is 19.2 Å². The molecule has 0 aliphatic carbocycles. The summed E-state index contributed by atoms with van der Waals surface area (Å²) in [6, 6.07) is 33.7. The molecule has 4 N–H and O–H groups in total. The molecule has 12 heteroatoms. The van der Waals surface area contributed by atoms with E-state index < -0.39 is 11.8 Å². The molecule has 5 rings (SSSR count). The summed E-state index contributed by atoms with van der Waals surface area (Å²) in [5, 5.41) is 21.2. The Kier molecular flexibility index (Phi) is 12.4. The van der Waals surface area contributed by atoms with Crippen molar-refractivity contribution in [2.24, 2.45) is 0 Å². The van der Waals surface area contributed by atoms with E-state index >= 15 is 0 Å². The van der Waals surface area contributed by atoms with E-state index in [-0.39, 0.29) is 28.8 Å². The molecule has 0 spiro atoms. The van der Waals surface area contributed by atoms with Crippen molar-refractivity contribution in [1.82, 2.24) is 5.32 Å². The average molecular weight is 716 g/mol. The first-order chi connectivity index (χ1) is 24.7. The van der Waals surface area contributed by atoms with Gasteiger partial charge in [0.1, 0.15) is 22.5 Å². The van der Waals surface area contributed by atoms with Crippen molar-refractivity contribution in [3.8, 4) is 11.8 Å². The molecule has 4 amide bonds. The third-order valence-corrected chi connectivity index (χ3v) is 9.44. The number of amides is 4. The van der Waals surface area contributed by atoms with E-state index in [1.165, 1.54) is 11.8 Å². The summed E-state index contributed by atoms with van der Waals surface area (Å²) in [4.78, 5) is 53.5. The van der Waals surface area contributed by atoms with Crippen molar-refractivity contribution < 1.29 is 23.9 Å². The summed E-state index contributed by atoms with van der Waals surface area (Å²) >= 11 is 2.27. The smallest absolute Gasteiger partial charge is 0.272 e. The van der Waals surface area contributed by atoms with E-state index in [1.807, 2.05) is 13.0 Å². The van der Waals surface area contributed by atoms with Gasteiger partial charge in [0.25, 0.3) is 17.7 Å². The number of anilines is 3. The number of thiophene rings is 1. The van der Waals surface area contributed by atoms with Gasteiger partial charge in [0.05, 0.1) is 22.8 Å². The second-order valence-corrected chi connectivity index (χ2v) is 13.0. The number of hydrogen-bond donors (Lipinski definition) is 4. The van der Waals surface area contributed by atoms with Crippen LogP contribution in [0, 0.1) is 18.3 Å². The number of benzene rings is 4. The van der Waals surface area contributed by atoms with Crippen LogP contribution in [0.1, 0.15) is 43.6 Å². The van der Waals surface area contributed by atoms with Gasteiger partial charge in [-0.25, -0.2) is 0 Å². The molecular formula is C39H33N5O5S2. The Balaban J connectivity index is 1.25. The SMILES string of the molecule is CCOc1ccc(/C=C(/NC(=O)c2ccccc2)C(=O)Nc2cccc(SCC(=O)Nc3sc(C(=O)Nc4ccccc4)c(C)c3C#N)c2)cc1. The number of para-hydroxylation sites is 1. The summed E-state index contributed by atoms with van der Waals surface area (Å²) in [6.07, 6.45) is 1.58. The van der Waals surface area contributed by atoms with Crippen molar-refractivity contribution in [1.29, 1.82) is 5.26 Å². The number of nitrogens with zero attached hydrogens (tertiary/aromatic N) is 1. The fourth-order valence-corrected chi connectivity index (χ4v) is 6.60. The van der Waals surface area contributed by atoms with Crippen molar-refractivity contribution in [2.45, 2.75) is 18.7 Å². The highest BCUT2D eigenvalue weighted by Crippen LogP contribution is 2.33.